The molecule has 10 aromatic rings. The first-order valence-electron chi connectivity index (χ1n) is 17.9. The Morgan fingerprint density at radius 1 is 0.235 bits per heavy atom. The van der Waals surface area contributed by atoms with Crippen molar-refractivity contribution in [2.45, 2.75) is 5.41 Å². The zero-order chi connectivity index (χ0) is 33.3. The zero-order valence-corrected chi connectivity index (χ0v) is 27.8. The molecule has 0 atom stereocenters. The zero-order valence-electron chi connectivity index (χ0n) is 27.8. The Hall–Kier alpha value is -6.50. The van der Waals surface area contributed by atoms with Crippen LogP contribution in [0.2, 0.25) is 0 Å². The number of benzene rings is 10. The van der Waals surface area contributed by atoms with Gasteiger partial charge in [0, 0.05) is 0 Å². The molecule has 0 aliphatic heterocycles. The quantitative estimate of drug-likeness (QED) is 0.156. The Kier molecular flexibility index (Phi) is 5.26. The monoisotopic (exact) mass is 642 g/mol. The third-order valence-electron chi connectivity index (χ3n) is 12.0. The van der Waals surface area contributed by atoms with Crippen LogP contribution < -0.4 is 0 Å². The minimum Gasteiger partial charge on any atom is -0.0619 e. The molecule has 0 fully saturated rings. The number of hydrogen-bond acceptors (Lipinski definition) is 0. The van der Waals surface area contributed by atoms with Crippen molar-refractivity contribution < 1.29 is 0 Å². The Labute approximate surface area is 295 Å². The number of rotatable bonds is 1. The first-order chi connectivity index (χ1) is 25.3. The average molecular weight is 643 g/mol. The molecule has 234 valence electrons. The van der Waals surface area contributed by atoms with Crippen LogP contribution in [0.4, 0.5) is 0 Å². The second-order valence-corrected chi connectivity index (χ2v) is 14.4. The molecule has 0 unspecified atom stereocenters. The van der Waals surface area contributed by atoms with E-state index in [4.69, 9.17) is 0 Å². The summed E-state index contributed by atoms with van der Waals surface area (Å²) >= 11 is 0. The molecule has 2 aliphatic carbocycles. The summed E-state index contributed by atoms with van der Waals surface area (Å²) in [4.78, 5) is 0. The molecule has 0 aromatic heterocycles. The van der Waals surface area contributed by atoms with E-state index in [0.717, 1.165) is 0 Å². The van der Waals surface area contributed by atoms with E-state index < -0.39 is 0 Å². The predicted molar refractivity (Wildman–Crippen MR) is 216 cm³/mol. The summed E-state index contributed by atoms with van der Waals surface area (Å²) in [6.45, 7) is 0. The summed E-state index contributed by atoms with van der Waals surface area (Å²) in [6.07, 6.45) is 0. The standard InChI is InChI=1S/C51H30/c1-2-12-32-29-49-45(27-31(32)11-1)46-28-35-22-21-33(34-23-24-41-39-15-4-3-13-37(39)38-14-5-6-16-40(38)44(41)26-34)25-36(35)30-50(46)51(49)47-19-9-7-17-42(47)43-18-8-10-20-48(43)51/h1-30H. The van der Waals surface area contributed by atoms with Gasteiger partial charge in [-0.2, -0.15) is 0 Å². The second kappa shape index (κ2) is 9.81. The summed E-state index contributed by atoms with van der Waals surface area (Å²) in [6, 6.07) is 68.7. The van der Waals surface area contributed by atoms with E-state index in [1.54, 1.807) is 0 Å². The Morgan fingerprint density at radius 3 is 1.29 bits per heavy atom. The molecule has 0 heterocycles. The molecule has 2 aliphatic rings. The molecule has 10 aromatic carbocycles. The summed E-state index contributed by atoms with van der Waals surface area (Å²) in [5.74, 6) is 0. The van der Waals surface area contributed by atoms with Crippen LogP contribution in [0.5, 0.6) is 0 Å². The van der Waals surface area contributed by atoms with E-state index in [-0.39, 0.29) is 5.41 Å². The molecule has 0 saturated heterocycles. The van der Waals surface area contributed by atoms with Gasteiger partial charge in [0.05, 0.1) is 5.41 Å². The number of fused-ring (bicyclic) bond motifs is 18. The number of hydrogen-bond donors (Lipinski definition) is 0. The SMILES string of the molecule is c1ccc2c(c1)-c1ccccc1C21c2cc3ccccc3cc2-c2cc3ccc(-c4ccc5c6ccccc6c6ccccc6c5c4)cc3cc21. The molecule has 1 spiro atoms. The highest BCUT2D eigenvalue weighted by molar-refractivity contribution is 6.25. The third-order valence-corrected chi connectivity index (χ3v) is 12.0. The van der Waals surface area contributed by atoms with E-state index in [2.05, 4.69) is 182 Å². The second-order valence-electron chi connectivity index (χ2n) is 14.4. The summed E-state index contributed by atoms with van der Waals surface area (Å²) in [5.41, 5.74) is 13.0. The van der Waals surface area contributed by atoms with Gasteiger partial charge in [-0.15, -0.1) is 0 Å². The Morgan fingerprint density at radius 2 is 0.667 bits per heavy atom. The fraction of sp³-hybridized carbons (Fsp3) is 0.0196. The lowest BCUT2D eigenvalue weighted by atomic mass is 9.70. The van der Waals surface area contributed by atoms with Crippen molar-refractivity contribution in [1.82, 2.24) is 0 Å². The normalized spacial score (nSPS) is 13.6. The first-order valence-corrected chi connectivity index (χ1v) is 17.9. The van der Waals surface area contributed by atoms with E-state index >= 15 is 0 Å². The fourth-order valence-electron chi connectivity index (χ4n) is 9.83. The van der Waals surface area contributed by atoms with Crippen LogP contribution in [-0.2, 0) is 5.41 Å². The largest absolute Gasteiger partial charge is 0.0725 e. The van der Waals surface area contributed by atoms with Gasteiger partial charge in [0.15, 0.2) is 0 Å². The van der Waals surface area contributed by atoms with Gasteiger partial charge < -0.3 is 0 Å². The van der Waals surface area contributed by atoms with Gasteiger partial charge >= 0.3 is 0 Å². The van der Waals surface area contributed by atoms with Crippen molar-refractivity contribution in [3.8, 4) is 33.4 Å². The van der Waals surface area contributed by atoms with E-state index in [0.29, 0.717) is 0 Å². The maximum absolute atomic E-state index is 2.52. The summed E-state index contributed by atoms with van der Waals surface area (Å²) < 4.78 is 0. The van der Waals surface area contributed by atoms with E-state index in [1.807, 2.05) is 0 Å². The van der Waals surface area contributed by atoms with Gasteiger partial charge in [-0.25, -0.2) is 0 Å². The maximum atomic E-state index is 2.52. The van der Waals surface area contributed by atoms with Crippen LogP contribution in [0.25, 0.3) is 87.2 Å². The van der Waals surface area contributed by atoms with Crippen molar-refractivity contribution in [3.63, 3.8) is 0 Å². The first kappa shape index (κ1) is 27.3. The fourth-order valence-corrected chi connectivity index (χ4v) is 9.83. The van der Waals surface area contributed by atoms with Crippen molar-refractivity contribution in [2.24, 2.45) is 0 Å². The van der Waals surface area contributed by atoms with Gasteiger partial charge in [-0.05, 0) is 146 Å². The molecule has 12 rings (SSSR count). The highest BCUT2D eigenvalue weighted by Gasteiger charge is 2.51. The van der Waals surface area contributed by atoms with Crippen LogP contribution in [0.1, 0.15) is 22.3 Å². The molecular weight excluding hydrogens is 613 g/mol. The van der Waals surface area contributed by atoms with Crippen LogP contribution in [-0.4, -0.2) is 0 Å². The highest BCUT2D eigenvalue weighted by atomic mass is 14.5. The Balaban J connectivity index is 1.13. The maximum Gasteiger partial charge on any atom is 0.0725 e. The summed E-state index contributed by atoms with van der Waals surface area (Å²) in [7, 11) is 0. The van der Waals surface area contributed by atoms with Gasteiger partial charge in [-0.3, -0.25) is 0 Å². The van der Waals surface area contributed by atoms with Gasteiger partial charge in [0.25, 0.3) is 0 Å². The molecule has 0 nitrogen and oxygen atoms in total. The van der Waals surface area contributed by atoms with Crippen LogP contribution in [0.3, 0.4) is 0 Å². The predicted octanol–water partition coefficient (Wildman–Crippen LogP) is 13.5. The highest BCUT2D eigenvalue weighted by Crippen LogP contribution is 2.63. The van der Waals surface area contributed by atoms with Crippen LogP contribution in [0, 0.1) is 0 Å². The smallest absolute Gasteiger partial charge is 0.0619 e. The lowest BCUT2D eigenvalue weighted by molar-refractivity contribution is 0.796. The average Bonchev–Trinajstić information content (AvgIpc) is 3.65. The molecule has 0 saturated carbocycles. The lowest BCUT2D eigenvalue weighted by Crippen LogP contribution is -2.25. The van der Waals surface area contributed by atoms with Crippen molar-refractivity contribution in [2.75, 3.05) is 0 Å². The lowest BCUT2D eigenvalue weighted by Gasteiger charge is -2.30. The molecule has 0 N–H and O–H groups in total. The minimum absolute atomic E-state index is 0.380. The topological polar surface area (TPSA) is 0 Å². The van der Waals surface area contributed by atoms with Gasteiger partial charge in [-0.1, -0.05) is 146 Å². The molecule has 0 radical (unpaired) electrons. The molecule has 0 heteroatoms. The Bertz CT molecular complexity index is 3060. The molecule has 51 heavy (non-hydrogen) atoms. The van der Waals surface area contributed by atoms with Crippen LogP contribution >= 0.6 is 0 Å². The minimum atomic E-state index is -0.380. The van der Waals surface area contributed by atoms with Gasteiger partial charge in [0.1, 0.15) is 0 Å². The van der Waals surface area contributed by atoms with Gasteiger partial charge in [0.2, 0.25) is 0 Å². The molecule has 0 bridgehead atoms. The summed E-state index contributed by atoms with van der Waals surface area (Å²) in [5, 5.41) is 12.9. The van der Waals surface area contributed by atoms with Crippen LogP contribution in [0.15, 0.2) is 182 Å². The third kappa shape index (κ3) is 3.49. The van der Waals surface area contributed by atoms with E-state index in [1.165, 1.54) is 109 Å². The van der Waals surface area contributed by atoms with Crippen molar-refractivity contribution in [1.29, 1.82) is 0 Å². The molecular formula is C51H30. The molecule has 0 amide bonds. The van der Waals surface area contributed by atoms with Crippen molar-refractivity contribution >= 4 is 53.9 Å². The van der Waals surface area contributed by atoms with Crippen molar-refractivity contribution in [3.05, 3.63) is 204 Å². The van der Waals surface area contributed by atoms with E-state index in [9.17, 15) is 0 Å².